The van der Waals surface area contributed by atoms with Crippen LogP contribution < -0.4 is 15.3 Å². The van der Waals surface area contributed by atoms with Gasteiger partial charge in [-0.15, -0.1) is 0 Å². The smallest absolute Gasteiger partial charge is 0.463 e. The van der Waals surface area contributed by atoms with Crippen molar-refractivity contribution in [1.82, 2.24) is 24.6 Å². The number of benzene rings is 1. The van der Waals surface area contributed by atoms with Crippen LogP contribution in [-0.2, 0) is 48.8 Å². The molecule has 0 saturated carbocycles. The minimum atomic E-state index is -4.49. The van der Waals surface area contributed by atoms with E-state index in [1.54, 1.807) is 45.9 Å². The van der Waals surface area contributed by atoms with Crippen LogP contribution in [0.2, 0.25) is 5.15 Å². The van der Waals surface area contributed by atoms with Gasteiger partial charge in [0.05, 0.1) is 12.2 Å². The Kier molecular flexibility index (Phi) is 10.4. The number of carbonyl (C=O) groups excluding carboxylic acids is 3. The molecule has 1 fully saturated rings. The maximum Gasteiger partial charge on any atom is 0.515 e. The van der Waals surface area contributed by atoms with Crippen LogP contribution in [0, 0.1) is 0 Å². The van der Waals surface area contributed by atoms with Crippen molar-refractivity contribution in [2.24, 2.45) is 0 Å². The monoisotopic (exact) mass is 722 g/mol. The highest BCUT2D eigenvalue weighted by atomic mass is 35.5. The number of aryl methyl sites for hydroxylation is 1. The Hall–Kier alpha value is -4.44. The Bertz CT molecular complexity index is 1850. The fourth-order valence-electron chi connectivity index (χ4n) is 5.06. The molecule has 0 radical (unpaired) electrons. The number of carbonyl (C=O) groups is 3. The van der Waals surface area contributed by atoms with Gasteiger partial charge in [0, 0.05) is 6.42 Å². The molecule has 0 amide bonds. The molecule has 5 rings (SSSR count). The summed E-state index contributed by atoms with van der Waals surface area (Å²) in [5, 5.41) is 2.60. The lowest BCUT2D eigenvalue weighted by Gasteiger charge is -2.26. The van der Waals surface area contributed by atoms with Gasteiger partial charge in [-0.3, -0.25) is 18.7 Å². The third-order valence-electron chi connectivity index (χ3n) is 7.14. The first-order valence-corrected chi connectivity index (χ1v) is 17.2. The Morgan fingerprint density at radius 1 is 1.14 bits per heavy atom. The molecular formula is C30H36ClN6O11P. The van der Waals surface area contributed by atoms with Crippen LogP contribution in [0.4, 0.5) is 10.7 Å². The Labute approximate surface area is 285 Å². The van der Waals surface area contributed by atoms with Crippen molar-refractivity contribution in [3.05, 3.63) is 52.8 Å². The summed E-state index contributed by atoms with van der Waals surface area (Å²) in [5.41, 5.74) is 5.16. The van der Waals surface area contributed by atoms with Gasteiger partial charge in [-0.1, -0.05) is 29.8 Å². The lowest BCUT2D eigenvalue weighted by atomic mass is 10.0. The highest BCUT2D eigenvalue weighted by Crippen LogP contribution is 2.52. The van der Waals surface area contributed by atoms with Crippen molar-refractivity contribution in [1.29, 1.82) is 0 Å². The number of nitrogens with one attached hydrogen (secondary N) is 1. The molecule has 0 bridgehead atoms. The Balaban J connectivity index is 1.43. The van der Waals surface area contributed by atoms with Gasteiger partial charge >= 0.3 is 25.8 Å². The maximum absolute atomic E-state index is 14.4. The van der Waals surface area contributed by atoms with Crippen LogP contribution in [0.15, 0.2) is 42.1 Å². The van der Waals surface area contributed by atoms with E-state index in [0.29, 0.717) is 5.56 Å². The van der Waals surface area contributed by atoms with E-state index in [4.69, 9.17) is 50.1 Å². The zero-order chi connectivity index (χ0) is 35.7. The highest BCUT2D eigenvalue weighted by molar-refractivity contribution is 7.52. The van der Waals surface area contributed by atoms with Crippen molar-refractivity contribution >= 4 is 54.6 Å². The van der Waals surface area contributed by atoms with Crippen molar-refractivity contribution in [3.8, 4) is 5.75 Å². The molecule has 4 atom stereocenters. The zero-order valence-corrected chi connectivity index (χ0v) is 29.1. The number of halogens is 1. The first-order valence-electron chi connectivity index (χ1n) is 15.2. The van der Waals surface area contributed by atoms with E-state index in [1.165, 1.54) is 30.8 Å². The molecule has 49 heavy (non-hydrogen) atoms. The number of ether oxygens (including phenoxy) is 5. The van der Waals surface area contributed by atoms with Gasteiger partial charge in [-0.05, 0) is 59.6 Å². The predicted octanol–water partition coefficient (Wildman–Crippen LogP) is 4.75. The number of nitrogens with zero attached hydrogens (tertiary/aromatic N) is 4. The fraction of sp³-hybridized carbons (Fsp3) is 0.467. The van der Waals surface area contributed by atoms with E-state index in [-0.39, 0.29) is 58.5 Å². The first-order chi connectivity index (χ1) is 23.1. The molecule has 1 saturated heterocycles. The molecule has 19 heteroatoms. The average Bonchev–Trinajstić information content (AvgIpc) is 3.63. The summed E-state index contributed by atoms with van der Waals surface area (Å²) in [4.78, 5) is 49.7. The Morgan fingerprint density at radius 3 is 2.57 bits per heavy atom. The second-order valence-electron chi connectivity index (χ2n) is 11.8. The predicted molar refractivity (Wildman–Crippen MR) is 172 cm³/mol. The van der Waals surface area contributed by atoms with Crippen molar-refractivity contribution in [2.45, 2.75) is 84.5 Å². The second kappa shape index (κ2) is 14.2. The highest BCUT2D eigenvalue weighted by Gasteiger charge is 2.60. The van der Waals surface area contributed by atoms with Crippen LogP contribution in [0.1, 0.15) is 59.8 Å². The molecule has 2 aliphatic heterocycles. The number of rotatable bonds is 14. The minimum absolute atomic E-state index is 0.00724. The number of nitrogen functional groups attached to an aromatic ring is 1. The number of anilines is 1. The molecule has 2 aromatic heterocycles. The third kappa shape index (κ3) is 7.90. The second-order valence-corrected chi connectivity index (χ2v) is 13.9. The number of hydrogen-bond donors (Lipinski definition) is 2. The van der Waals surface area contributed by atoms with Gasteiger partial charge in [0.2, 0.25) is 23.5 Å². The van der Waals surface area contributed by atoms with Crippen molar-refractivity contribution < 1.29 is 51.7 Å². The molecular weight excluding hydrogens is 687 g/mol. The van der Waals surface area contributed by atoms with E-state index >= 15 is 0 Å². The number of fused-ring (bicyclic) bond motifs is 2. The summed E-state index contributed by atoms with van der Waals surface area (Å²) in [6.45, 7) is 9.17. The number of para-hydroxylation sites is 1. The summed E-state index contributed by atoms with van der Waals surface area (Å²) < 4.78 is 55.2. The summed E-state index contributed by atoms with van der Waals surface area (Å²) in [6.07, 6.45) is -1.36. The molecule has 3 N–H and O–H groups in total. The summed E-state index contributed by atoms with van der Waals surface area (Å²) >= 11 is 6.21. The average molecular weight is 723 g/mol. The number of hydrogen-bond acceptors (Lipinski definition) is 15. The largest absolute Gasteiger partial charge is 0.515 e. The number of imidazole rings is 1. The van der Waals surface area contributed by atoms with Gasteiger partial charge in [0.1, 0.15) is 30.2 Å². The van der Waals surface area contributed by atoms with E-state index in [0.717, 1.165) is 0 Å². The van der Waals surface area contributed by atoms with Crippen LogP contribution in [0.3, 0.4) is 0 Å². The van der Waals surface area contributed by atoms with Crippen LogP contribution >= 0.6 is 19.3 Å². The number of nitrogens with two attached hydrogens (primary N) is 1. The molecule has 3 aromatic rings. The van der Waals surface area contributed by atoms with Crippen LogP contribution in [0.5, 0.6) is 5.75 Å². The van der Waals surface area contributed by atoms with Crippen molar-refractivity contribution in [2.75, 3.05) is 12.3 Å². The zero-order valence-electron chi connectivity index (χ0n) is 27.5. The molecule has 1 aromatic carbocycles. The van der Waals surface area contributed by atoms with E-state index in [1.807, 2.05) is 0 Å². The SMILES string of the molecule is CC(C)OC(=O)CCc1ccccc1OP(=O)(N[C@@H](C)C(=O)OC(C)C)OCC1=C2OC(=O)OC2(C)[C@H](n2cnc3c(Cl)nc(N)nc32)O1. The molecule has 17 nitrogen and oxygen atoms in total. The van der Waals surface area contributed by atoms with E-state index in [2.05, 4.69) is 20.0 Å². The first kappa shape index (κ1) is 35.9. The third-order valence-corrected chi connectivity index (χ3v) is 9.01. The molecule has 264 valence electrons. The molecule has 0 spiro atoms. The van der Waals surface area contributed by atoms with Crippen LogP contribution in [0.25, 0.3) is 11.2 Å². The lowest BCUT2D eigenvalue weighted by Crippen LogP contribution is -2.36. The van der Waals surface area contributed by atoms with Gasteiger partial charge in [-0.2, -0.15) is 15.1 Å². The summed E-state index contributed by atoms with van der Waals surface area (Å²) in [7, 11) is -4.49. The molecule has 2 unspecified atom stereocenters. The van der Waals surface area contributed by atoms with Crippen molar-refractivity contribution in [3.63, 3.8) is 0 Å². The van der Waals surface area contributed by atoms with E-state index < -0.39 is 56.4 Å². The minimum Gasteiger partial charge on any atom is -0.463 e. The summed E-state index contributed by atoms with van der Waals surface area (Å²) in [5.74, 6) is -1.31. The molecule has 4 heterocycles. The van der Waals surface area contributed by atoms with Crippen LogP contribution in [-0.4, -0.2) is 68.1 Å². The fourth-order valence-corrected chi connectivity index (χ4v) is 6.76. The quantitative estimate of drug-likeness (QED) is 0.0994. The lowest BCUT2D eigenvalue weighted by molar-refractivity contribution is -0.149. The topological polar surface area (TPSA) is 215 Å². The normalized spacial score (nSPS) is 20.4. The molecule has 2 aliphatic rings. The maximum atomic E-state index is 14.4. The number of esters is 2. The molecule has 0 aliphatic carbocycles. The standard InChI is InChI=1S/C30H36ClN6O11P/c1-15(2)43-21(38)12-11-18-9-7-8-10-19(18)48-49(41,36-17(5)26(39)44-16(3)4)42-13-20-23-30(6,47-29(40)46-23)27(45-20)37-14-33-22-24(31)34-28(32)35-25(22)37/h7-10,14-17,27H,11-13H2,1-6H3,(H,36,41)(H2,32,34,35)/t17-,27+,30?,49?/m0/s1. The van der Waals surface area contributed by atoms with E-state index in [9.17, 15) is 18.9 Å². The van der Waals surface area contributed by atoms with Gasteiger partial charge in [0.15, 0.2) is 16.6 Å². The van der Waals surface area contributed by atoms with Gasteiger partial charge < -0.3 is 33.9 Å². The number of aromatic nitrogens is 4. The van der Waals surface area contributed by atoms with Gasteiger partial charge in [0.25, 0.3) is 0 Å². The van der Waals surface area contributed by atoms with Gasteiger partial charge in [-0.25, -0.2) is 14.3 Å². The Morgan fingerprint density at radius 2 is 1.86 bits per heavy atom. The summed E-state index contributed by atoms with van der Waals surface area (Å²) in [6, 6.07) is 5.42.